The highest BCUT2D eigenvalue weighted by molar-refractivity contribution is 7.17. The fourth-order valence-corrected chi connectivity index (χ4v) is 4.96. The third-order valence-corrected chi connectivity index (χ3v) is 6.78. The van der Waals surface area contributed by atoms with Gasteiger partial charge in [0, 0.05) is 17.4 Å². The second kappa shape index (κ2) is 9.98. The van der Waals surface area contributed by atoms with Crippen LogP contribution in [0.2, 0.25) is 0 Å². The molecule has 3 heterocycles. The van der Waals surface area contributed by atoms with E-state index in [9.17, 15) is 0 Å². The molecule has 0 unspecified atom stereocenters. The number of aryl methyl sites for hydroxylation is 1. The first kappa shape index (κ1) is 22.0. The van der Waals surface area contributed by atoms with Gasteiger partial charge in [0.05, 0.1) is 27.5 Å². The number of benzene rings is 2. The maximum absolute atomic E-state index is 6.07. The summed E-state index contributed by atoms with van der Waals surface area (Å²) in [6.45, 7) is 4.97. The Morgan fingerprint density at radius 3 is 2.65 bits per heavy atom. The van der Waals surface area contributed by atoms with E-state index in [1.54, 1.807) is 11.3 Å². The van der Waals surface area contributed by atoms with E-state index in [1.165, 1.54) is 21.4 Å². The fourth-order valence-electron chi connectivity index (χ4n) is 4.06. The SMILES string of the molecule is CC#C[C@@H](CC1=NN=NC1)c1ccc(OCc2ccc3scc(-c4ccccc4C)c3n2)cc1. The van der Waals surface area contributed by atoms with Gasteiger partial charge in [-0.2, -0.15) is 5.11 Å². The highest BCUT2D eigenvalue weighted by atomic mass is 32.1. The smallest absolute Gasteiger partial charge is 0.130 e. The van der Waals surface area contributed by atoms with Gasteiger partial charge in [-0.05, 0) is 60.0 Å². The molecule has 0 aliphatic carbocycles. The van der Waals surface area contributed by atoms with Crippen LogP contribution in [-0.4, -0.2) is 17.2 Å². The van der Waals surface area contributed by atoms with Crippen molar-refractivity contribution in [3.8, 4) is 28.7 Å². The summed E-state index contributed by atoms with van der Waals surface area (Å²) in [6, 6.07) is 20.7. The number of nitrogens with zero attached hydrogens (tertiary/aromatic N) is 4. The maximum Gasteiger partial charge on any atom is 0.130 e. The van der Waals surface area contributed by atoms with Crippen LogP contribution in [0.4, 0.5) is 0 Å². The van der Waals surface area contributed by atoms with Crippen molar-refractivity contribution >= 4 is 27.3 Å². The molecule has 0 saturated carbocycles. The molecule has 34 heavy (non-hydrogen) atoms. The van der Waals surface area contributed by atoms with Gasteiger partial charge in [0.25, 0.3) is 0 Å². The van der Waals surface area contributed by atoms with E-state index in [0.717, 1.165) is 34.7 Å². The molecule has 168 valence electrons. The Hall–Kier alpha value is -3.82. The van der Waals surface area contributed by atoms with Crippen molar-refractivity contribution in [2.75, 3.05) is 6.54 Å². The van der Waals surface area contributed by atoms with E-state index in [2.05, 4.69) is 82.0 Å². The van der Waals surface area contributed by atoms with Crippen molar-refractivity contribution in [3.05, 3.63) is 82.9 Å². The van der Waals surface area contributed by atoms with E-state index in [1.807, 2.05) is 25.1 Å². The average molecular weight is 465 g/mol. The predicted octanol–water partition coefficient (Wildman–Crippen LogP) is 7.17. The molecule has 1 atom stereocenters. The molecule has 0 N–H and O–H groups in total. The van der Waals surface area contributed by atoms with E-state index >= 15 is 0 Å². The Bertz CT molecular complexity index is 1440. The van der Waals surface area contributed by atoms with Crippen LogP contribution < -0.4 is 4.74 Å². The standard InChI is InChI=1S/C28H24N4OS/c1-3-6-21(15-23-16-29-32-31-23)20-9-12-24(13-10-20)33-17-22-11-14-27-28(30-22)26(18-34-27)25-8-5-4-7-19(25)2/h4-5,7-14,18,21H,15-17H2,1-2H3/t21-/m0/s1. The third kappa shape index (κ3) is 4.75. The Kier molecular flexibility index (Phi) is 6.46. The van der Waals surface area contributed by atoms with Crippen molar-refractivity contribution in [3.63, 3.8) is 0 Å². The molecule has 0 fully saturated rings. The summed E-state index contributed by atoms with van der Waals surface area (Å²) in [5.74, 6) is 7.18. The van der Waals surface area contributed by atoms with Crippen LogP contribution in [0.1, 0.15) is 36.1 Å². The zero-order chi connectivity index (χ0) is 23.3. The molecule has 4 aromatic rings. The Labute approximate surface area is 203 Å². The Balaban J connectivity index is 1.30. The zero-order valence-corrected chi connectivity index (χ0v) is 20.0. The predicted molar refractivity (Wildman–Crippen MR) is 139 cm³/mol. The molecule has 2 aromatic heterocycles. The van der Waals surface area contributed by atoms with E-state index in [0.29, 0.717) is 13.2 Å². The minimum absolute atomic E-state index is 0.0730. The first-order valence-corrected chi connectivity index (χ1v) is 12.1. The van der Waals surface area contributed by atoms with Gasteiger partial charge in [-0.1, -0.05) is 42.3 Å². The molecule has 0 spiro atoms. The molecule has 5 nitrogen and oxygen atoms in total. The minimum atomic E-state index is 0.0730. The lowest BCUT2D eigenvalue weighted by atomic mass is 9.94. The van der Waals surface area contributed by atoms with Crippen molar-refractivity contribution in [1.82, 2.24) is 4.98 Å². The van der Waals surface area contributed by atoms with E-state index in [4.69, 9.17) is 9.72 Å². The van der Waals surface area contributed by atoms with E-state index in [-0.39, 0.29) is 5.92 Å². The van der Waals surface area contributed by atoms with Gasteiger partial charge in [0.1, 0.15) is 18.9 Å². The summed E-state index contributed by atoms with van der Waals surface area (Å²) in [5.41, 5.74) is 7.70. The first-order chi connectivity index (χ1) is 16.7. The molecule has 1 aliphatic rings. The second-order valence-corrected chi connectivity index (χ2v) is 9.09. The quantitative estimate of drug-likeness (QED) is 0.272. The van der Waals surface area contributed by atoms with Crippen LogP contribution in [0.15, 0.2) is 81.5 Å². The number of ether oxygens (including phenoxy) is 1. The molecule has 0 radical (unpaired) electrons. The topological polar surface area (TPSA) is 59.2 Å². The van der Waals surface area contributed by atoms with Gasteiger partial charge in [0.15, 0.2) is 0 Å². The summed E-state index contributed by atoms with van der Waals surface area (Å²) in [5, 5.41) is 13.9. The number of aromatic nitrogens is 1. The Morgan fingerprint density at radius 2 is 1.88 bits per heavy atom. The van der Waals surface area contributed by atoms with Crippen LogP contribution in [-0.2, 0) is 6.61 Å². The summed E-state index contributed by atoms with van der Waals surface area (Å²) < 4.78 is 7.25. The lowest BCUT2D eigenvalue weighted by Crippen LogP contribution is -2.07. The highest BCUT2D eigenvalue weighted by Gasteiger charge is 2.15. The molecule has 0 amide bonds. The van der Waals surface area contributed by atoms with Crippen LogP contribution >= 0.6 is 11.3 Å². The number of fused-ring (bicyclic) bond motifs is 1. The van der Waals surface area contributed by atoms with Gasteiger partial charge in [-0.3, -0.25) is 0 Å². The van der Waals surface area contributed by atoms with Crippen molar-refractivity contribution in [1.29, 1.82) is 0 Å². The Morgan fingerprint density at radius 1 is 1.03 bits per heavy atom. The summed E-state index contributed by atoms with van der Waals surface area (Å²) in [6.07, 6.45) is 0.738. The molecule has 6 heteroatoms. The molecule has 0 bridgehead atoms. The maximum atomic E-state index is 6.07. The van der Waals surface area contributed by atoms with Crippen molar-refractivity contribution < 1.29 is 4.74 Å². The van der Waals surface area contributed by atoms with Gasteiger partial charge in [-0.15, -0.1) is 22.4 Å². The number of pyridine rings is 1. The van der Waals surface area contributed by atoms with Gasteiger partial charge in [-0.25, -0.2) is 4.98 Å². The molecule has 0 saturated heterocycles. The molecular formula is C28H24N4OS. The number of rotatable bonds is 7. The van der Waals surface area contributed by atoms with Crippen LogP contribution in [0.25, 0.3) is 21.3 Å². The lowest BCUT2D eigenvalue weighted by molar-refractivity contribution is 0.301. The zero-order valence-electron chi connectivity index (χ0n) is 19.2. The monoisotopic (exact) mass is 464 g/mol. The highest BCUT2D eigenvalue weighted by Crippen LogP contribution is 2.34. The van der Waals surface area contributed by atoms with Crippen LogP contribution in [0, 0.1) is 18.8 Å². The van der Waals surface area contributed by atoms with Gasteiger partial charge < -0.3 is 4.74 Å². The summed E-state index contributed by atoms with van der Waals surface area (Å²) in [4.78, 5) is 4.93. The molecule has 2 aromatic carbocycles. The summed E-state index contributed by atoms with van der Waals surface area (Å²) >= 11 is 1.73. The van der Waals surface area contributed by atoms with E-state index < -0.39 is 0 Å². The average Bonchev–Trinajstić information content (AvgIpc) is 3.53. The first-order valence-electron chi connectivity index (χ1n) is 11.2. The number of thiophene rings is 1. The third-order valence-electron chi connectivity index (χ3n) is 5.84. The minimum Gasteiger partial charge on any atom is -0.487 e. The van der Waals surface area contributed by atoms with Crippen LogP contribution in [0.5, 0.6) is 5.75 Å². The number of hydrogen-bond donors (Lipinski definition) is 0. The lowest BCUT2D eigenvalue weighted by Gasteiger charge is -2.12. The fraction of sp³-hybridized carbons (Fsp3) is 0.214. The van der Waals surface area contributed by atoms with Crippen molar-refractivity contribution in [2.24, 2.45) is 15.4 Å². The molecular weight excluding hydrogens is 440 g/mol. The largest absolute Gasteiger partial charge is 0.487 e. The molecule has 1 aliphatic heterocycles. The molecule has 5 rings (SSSR count). The number of hydrogen-bond acceptors (Lipinski definition) is 6. The van der Waals surface area contributed by atoms with Gasteiger partial charge >= 0.3 is 0 Å². The normalized spacial score (nSPS) is 13.4. The second-order valence-electron chi connectivity index (χ2n) is 8.18. The van der Waals surface area contributed by atoms with Gasteiger partial charge in [0.2, 0.25) is 0 Å². The van der Waals surface area contributed by atoms with Crippen LogP contribution in [0.3, 0.4) is 0 Å². The van der Waals surface area contributed by atoms with Crippen molar-refractivity contribution in [2.45, 2.75) is 32.8 Å². The summed E-state index contributed by atoms with van der Waals surface area (Å²) in [7, 11) is 0.